The van der Waals surface area contributed by atoms with E-state index in [0.717, 1.165) is 56.1 Å². The molecule has 24 heavy (non-hydrogen) atoms. The molecule has 0 bridgehead atoms. The van der Waals surface area contributed by atoms with E-state index in [4.69, 9.17) is 9.47 Å². The number of hydrogen-bond donors (Lipinski definition) is 0. The van der Waals surface area contributed by atoms with Gasteiger partial charge >= 0.3 is 0 Å². The van der Waals surface area contributed by atoms with Gasteiger partial charge in [0.15, 0.2) is 5.79 Å². The van der Waals surface area contributed by atoms with Gasteiger partial charge in [0, 0.05) is 24.2 Å². The highest BCUT2D eigenvalue weighted by Crippen LogP contribution is 2.70. The van der Waals surface area contributed by atoms with E-state index >= 15 is 0 Å². The predicted molar refractivity (Wildman–Crippen MR) is 89.1 cm³/mol. The highest BCUT2D eigenvalue weighted by Gasteiger charge is 2.69. The Hall–Kier alpha value is -0.670. The topological polar surface area (TPSA) is 35.5 Å². The molecule has 0 aromatic rings. The lowest BCUT2D eigenvalue weighted by atomic mass is 9.51. The minimum Gasteiger partial charge on any atom is -0.347 e. The summed E-state index contributed by atoms with van der Waals surface area (Å²) in [5, 5.41) is 0. The molecule has 3 nitrogen and oxygen atoms in total. The van der Waals surface area contributed by atoms with Gasteiger partial charge < -0.3 is 9.47 Å². The molecule has 0 N–H and O–H groups in total. The molecule has 6 rings (SSSR count). The molecule has 6 unspecified atom stereocenters. The Morgan fingerprint density at radius 1 is 1.04 bits per heavy atom. The van der Waals surface area contributed by atoms with E-state index in [-0.39, 0.29) is 11.2 Å². The van der Waals surface area contributed by atoms with E-state index in [2.05, 4.69) is 13.0 Å². The Balaban J connectivity index is 1.31. The third kappa shape index (κ3) is 1.69. The molecular weight excluding hydrogens is 300 g/mol. The summed E-state index contributed by atoms with van der Waals surface area (Å²) >= 11 is 0. The van der Waals surface area contributed by atoms with Crippen LogP contribution < -0.4 is 0 Å². The second-order valence-corrected chi connectivity index (χ2v) is 9.62. The van der Waals surface area contributed by atoms with E-state index in [1.54, 1.807) is 5.57 Å². The minimum atomic E-state index is -0.288. The number of Topliss-reactive ketones (excluding diaryl/α,β-unsaturated/α-hetero) is 1. The molecule has 1 spiro atoms. The number of carbonyl (C=O) groups is 1. The average molecular weight is 328 g/mol. The number of hydrogen-bond acceptors (Lipinski definition) is 3. The van der Waals surface area contributed by atoms with Crippen molar-refractivity contribution in [3.8, 4) is 0 Å². The van der Waals surface area contributed by atoms with Crippen molar-refractivity contribution in [2.45, 2.75) is 57.7 Å². The van der Waals surface area contributed by atoms with Crippen molar-refractivity contribution >= 4 is 5.78 Å². The Morgan fingerprint density at radius 2 is 1.88 bits per heavy atom. The first-order valence-electron chi connectivity index (χ1n) is 10.1. The number of fused-ring (bicyclic) bond motifs is 7. The van der Waals surface area contributed by atoms with Gasteiger partial charge in [0.25, 0.3) is 0 Å². The van der Waals surface area contributed by atoms with Crippen LogP contribution in [0.25, 0.3) is 0 Å². The molecule has 1 heterocycles. The van der Waals surface area contributed by atoms with Crippen LogP contribution in [0.4, 0.5) is 0 Å². The molecule has 5 aliphatic carbocycles. The van der Waals surface area contributed by atoms with Gasteiger partial charge in [0.1, 0.15) is 5.78 Å². The lowest BCUT2D eigenvalue weighted by Gasteiger charge is -2.53. The van der Waals surface area contributed by atoms with E-state index in [1.807, 2.05) is 0 Å². The fourth-order valence-corrected chi connectivity index (χ4v) is 7.66. The molecule has 1 aliphatic heterocycles. The lowest BCUT2D eigenvalue weighted by Crippen LogP contribution is -2.49. The summed E-state index contributed by atoms with van der Waals surface area (Å²) in [5.41, 5.74) is 1.64. The van der Waals surface area contributed by atoms with Crippen molar-refractivity contribution in [1.29, 1.82) is 0 Å². The van der Waals surface area contributed by atoms with Crippen molar-refractivity contribution in [2.24, 2.45) is 40.9 Å². The minimum absolute atomic E-state index is 0.0215. The summed E-state index contributed by atoms with van der Waals surface area (Å²) < 4.78 is 12.0. The monoisotopic (exact) mass is 328 g/mol. The average Bonchev–Trinajstić information content (AvgIpc) is 3.18. The number of allylic oxidation sites excluding steroid dienone is 1. The summed E-state index contributed by atoms with van der Waals surface area (Å²) in [5.74, 6) is 4.51. The van der Waals surface area contributed by atoms with Crippen LogP contribution in [0.2, 0.25) is 0 Å². The number of rotatable bonds is 0. The molecular formula is C21H28O3. The molecule has 7 atom stereocenters. The van der Waals surface area contributed by atoms with Gasteiger partial charge in [-0.1, -0.05) is 18.6 Å². The van der Waals surface area contributed by atoms with Gasteiger partial charge in [0.05, 0.1) is 13.2 Å². The molecule has 6 aliphatic rings. The molecule has 0 radical (unpaired) electrons. The fourth-order valence-electron chi connectivity index (χ4n) is 7.66. The number of ketones is 1. The molecule has 4 saturated carbocycles. The van der Waals surface area contributed by atoms with Crippen molar-refractivity contribution in [3.05, 3.63) is 11.6 Å². The van der Waals surface area contributed by atoms with Gasteiger partial charge in [-0.15, -0.1) is 0 Å². The lowest BCUT2D eigenvalue weighted by molar-refractivity contribution is -0.176. The number of carbonyl (C=O) groups excluding carboxylic acids is 1. The Morgan fingerprint density at radius 3 is 2.71 bits per heavy atom. The van der Waals surface area contributed by atoms with Crippen LogP contribution in [0.1, 0.15) is 51.9 Å². The largest absolute Gasteiger partial charge is 0.347 e. The van der Waals surface area contributed by atoms with Crippen LogP contribution in [0.3, 0.4) is 0 Å². The highest BCUT2D eigenvalue weighted by molar-refractivity contribution is 5.92. The first kappa shape index (κ1) is 14.5. The maximum Gasteiger partial charge on any atom is 0.172 e. The van der Waals surface area contributed by atoms with Crippen LogP contribution in [0, 0.1) is 40.9 Å². The number of ether oxygens (including phenoxy) is 2. The zero-order valence-electron chi connectivity index (χ0n) is 14.6. The smallest absolute Gasteiger partial charge is 0.172 e. The van der Waals surface area contributed by atoms with Crippen molar-refractivity contribution in [1.82, 2.24) is 0 Å². The Labute approximate surface area is 144 Å². The second kappa shape index (κ2) is 4.54. The molecule has 3 heteroatoms. The third-order valence-corrected chi connectivity index (χ3v) is 8.71. The Bertz CT molecular complexity index is 631. The van der Waals surface area contributed by atoms with Gasteiger partial charge in [-0.3, -0.25) is 4.79 Å². The van der Waals surface area contributed by atoms with Crippen molar-refractivity contribution in [2.75, 3.05) is 13.2 Å². The summed E-state index contributed by atoms with van der Waals surface area (Å²) in [6.07, 6.45) is 10.6. The molecule has 130 valence electrons. The van der Waals surface area contributed by atoms with Gasteiger partial charge in [-0.2, -0.15) is 0 Å². The van der Waals surface area contributed by atoms with Gasteiger partial charge in [-0.25, -0.2) is 0 Å². The normalized spacial score (nSPS) is 53.9. The maximum atomic E-state index is 12.8. The van der Waals surface area contributed by atoms with Crippen LogP contribution >= 0.6 is 0 Å². The third-order valence-electron chi connectivity index (χ3n) is 8.71. The zero-order valence-corrected chi connectivity index (χ0v) is 14.6. The first-order valence-corrected chi connectivity index (χ1v) is 10.1. The fraction of sp³-hybridized carbons (Fsp3) is 0.857. The van der Waals surface area contributed by atoms with E-state index < -0.39 is 0 Å². The summed E-state index contributed by atoms with van der Waals surface area (Å²) in [4.78, 5) is 12.8. The van der Waals surface area contributed by atoms with Gasteiger partial charge in [0.2, 0.25) is 0 Å². The van der Waals surface area contributed by atoms with Crippen LogP contribution in [-0.2, 0) is 14.3 Å². The molecule has 0 amide bonds. The maximum absolute atomic E-state index is 12.8. The standard InChI is InChI=1S/C21H28O3/c1-20-6-4-14-13-5-7-21(23-8-9-24-21)11-12(13)2-3-15(14)18(20)16-10-17(16)19(20)22/h2,13-18H,3-11H2,1H3/t13?,14?,15?,16?,17?,18?,20-/m0/s1. The van der Waals surface area contributed by atoms with E-state index in [9.17, 15) is 4.79 Å². The summed E-state index contributed by atoms with van der Waals surface area (Å²) in [6, 6.07) is 0. The summed E-state index contributed by atoms with van der Waals surface area (Å²) in [7, 11) is 0. The molecule has 1 saturated heterocycles. The second-order valence-electron chi connectivity index (χ2n) is 9.62. The van der Waals surface area contributed by atoms with Crippen molar-refractivity contribution < 1.29 is 14.3 Å². The molecule has 0 aromatic carbocycles. The molecule has 0 aromatic heterocycles. The quantitative estimate of drug-likeness (QED) is 0.636. The zero-order chi connectivity index (χ0) is 16.1. The molecule has 5 fully saturated rings. The van der Waals surface area contributed by atoms with E-state index in [1.165, 1.54) is 25.7 Å². The van der Waals surface area contributed by atoms with E-state index in [0.29, 0.717) is 17.6 Å². The predicted octanol–water partition coefficient (Wildman–Crippen LogP) is 3.73. The highest BCUT2D eigenvalue weighted by atomic mass is 16.7. The van der Waals surface area contributed by atoms with Crippen LogP contribution in [0.5, 0.6) is 0 Å². The summed E-state index contributed by atoms with van der Waals surface area (Å²) in [6.45, 7) is 3.82. The van der Waals surface area contributed by atoms with Crippen LogP contribution in [0.15, 0.2) is 11.6 Å². The SMILES string of the molecule is C[C@]12CCC3C4CCC5(CC4=CCC3C1C1CC1C2=O)OCCO5. The Kier molecular flexibility index (Phi) is 2.74. The first-order chi connectivity index (χ1) is 11.6. The van der Waals surface area contributed by atoms with Crippen molar-refractivity contribution in [3.63, 3.8) is 0 Å². The van der Waals surface area contributed by atoms with Gasteiger partial charge in [-0.05, 0) is 61.7 Å². The van der Waals surface area contributed by atoms with Crippen LogP contribution in [-0.4, -0.2) is 24.8 Å².